The monoisotopic (exact) mass is 503 g/mol. The fourth-order valence-corrected chi connectivity index (χ4v) is 3.49. The Hall–Kier alpha value is -1.48. The SMILES string of the molecule is CN=C(NCCc1ccc(OC)c(OC)c1)NCC(C)(C)c1cccs1.I. The third kappa shape index (κ3) is 6.88. The van der Waals surface area contributed by atoms with Crippen LogP contribution in [0.3, 0.4) is 0 Å². The van der Waals surface area contributed by atoms with Gasteiger partial charge >= 0.3 is 0 Å². The topological polar surface area (TPSA) is 54.9 Å². The minimum atomic E-state index is 0. The van der Waals surface area contributed by atoms with Crippen molar-refractivity contribution in [1.29, 1.82) is 0 Å². The summed E-state index contributed by atoms with van der Waals surface area (Å²) in [5, 5.41) is 8.92. The molecule has 27 heavy (non-hydrogen) atoms. The zero-order valence-corrected chi connectivity index (χ0v) is 19.8. The van der Waals surface area contributed by atoms with Gasteiger partial charge in [-0.05, 0) is 35.6 Å². The van der Waals surface area contributed by atoms with Gasteiger partial charge in [0.15, 0.2) is 17.5 Å². The number of hydrogen-bond donors (Lipinski definition) is 2. The Morgan fingerprint density at radius 1 is 1.11 bits per heavy atom. The summed E-state index contributed by atoms with van der Waals surface area (Å²) in [4.78, 5) is 5.68. The molecule has 0 aliphatic rings. The van der Waals surface area contributed by atoms with Crippen LogP contribution in [0.4, 0.5) is 0 Å². The molecule has 2 rings (SSSR count). The highest BCUT2D eigenvalue weighted by Gasteiger charge is 2.21. The van der Waals surface area contributed by atoms with Crippen LogP contribution >= 0.6 is 35.3 Å². The molecule has 0 bridgehead atoms. The average molecular weight is 503 g/mol. The Bertz CT molecular complexity index is 718. The van der Waals surface area contributed by atoms with Gasteiger partial charge in [-0.15, -0.1) is 35.3 Å². The summed E-state index contributed by atoms with van der Waals surface area (Å²) in [6.07, 6.45) is 0.870. The van der Waals surface area contributed by atoms with E-state index in [4.69, 9.17) is 9.47 Å². The Morgan fingerprint density at radius 2 is 1.85 bits per heavy atom. The molecular formula is C20H30IN3O2S. The number of rotatable bonds is 8. The molecule has 1 aromatic heterocycles. The van der Waals surface area contributed by atoms with Gasteiger partial charge in [-0.1, -0.05) is 26.0 Å². The van der Waals surface area contributed by atoms with E-state index < -0.39 is 0 Å². The molecule has 5 nitrogen and oxygen atoms in total. The van der Waals surface area contributed by atoms with Gasteiger partial charge in [-0.2, -0.15) is 0 Å². The number of nitrogens with zero attached hydrogens (tertiary/aromatic N) is 1. The predicted molar refractivity (Wildman–Crippen MR) is 125 cm³/mol. The molecule has 0 aliphatic carbocycles. The lowest BCUT2D eigenvalue weighted by Gasteiger charge is -2.25. The van der Waals surface area contributed by atoms with E-state index >= 15 is 0 Å². The zero-order chi connectivity index (χ0) is 19.0. The highest BCUT2D eigenvalue weighted by atomic mass is 127. The molecule has 0 amide bonds. The van der Waals surface area contributed by atoms with Gasteiger partial charge in [0.2, 0.25) is 0 Å². The molecule has 2 aromatic rings. The van der Waals surface area contributed by atoms with Gasteiger partial charge in [0, 0.05) is 30.4 Å². The number of guanidine groups is 1. The van der Waals surface area contributed by atoms with Crippen molar-refractivity contribution in [2.45, 2.75) is 25.7 Å². The van der Waals surface area contributed by atoms with Crippen molar-refractivity contribution in [2.75, 3.05) is 34.4 Å². The smallest absolute Gasteiger partial charge is 0.191 e. The molecule has 2 N–H and O–H groups in total. The van der Waals surface area contributed by atoms with E-state index in [9.17, 15) is 0 Å². The fraction of sp³-hybridized carbons (Fsp3) is 0.450. The van der Waals surface area contributed by atoms with E-state index in [1.54, 1.807) is 32.6 Å². The molecule has 0 radical (unpaired) electrons. The molecule has 0 saturated carbocycles. The highest BCUT2D eigenvalue weighted by molar-refractivity contribution is 14.0. The van der Waals surface area contributed by atoms with Crippen molar-refractivity contribution < 1.29 is 9.47 Å². The fourth-order valence-electron chi connectivity index (χ4n) is 2.64. The Labute approximate surface area is 183 Å². The molecule has 1 heterocycles. The van der Waals surface area contributed by atoms with E-state index in [2.05, 4.69) is 53.1 Å². The maximum absolute atomic E-state index is 5.36. The quantitative estimate of drug-likeness (QED) is 0.324. The number of halogens is 1. The molecule has 0 aliphatic heterocycles. The lowest BCUT2D eigenvalue weighted by Crippen LogP contribution is -2.43. The van der Waals surface area contributed by atoms with Gasteiger partial charge < -0.3 is 20.1 Å². The number of ether oxygens (including phenoxy) is 2. The van der Waals surface area contributed by atoms with Gasteiger partial charge in [-0.3, -0.25) is 4.99 Å². The summed E-state index contributed by atoms with van der Waals surface area (Å²) in [6.45, 7) is 6.09. The van der Waals surface area contributed by atoms with E-state index in [0.717, 1.165) is 37.0 Å². The number of benzene rings is 1. The van der Waals surface area contributed by atoms with Crippen LogP contribution in [0.1, 0.15) is 24.3 Å². The number of nitrogens with one attached hydrogen (secondary N) is 2. The summed E-state index contributed by atoms with van der Waals surface area (Å²) in [5.74, 6) is 2.32. The van der Waals surface area contributed by atoms with Crippen molar-refractivity contribution in [1.82, 2.24) is 10.6 Å². The van der Waals surface area contributed by atoms with E-state index in [1.165, 1.54) is 10.4 Å². The second-order valence-electron chi connectivity index (χ2n) is 6.65. The van der Waals surface area contributed by atoms with Gasteiger partial charge in [0.05, 0.1) is 14.2 Å². The second kappa shape index (κ2) is 11.4. The molecular weight excluding hydrogens is 473 g/mol. The van der Waals surface area contributed by atoms with Crippen LogP contribution in [0.25, 0.3) is 0 Å². The first-order valence-corrected chi connectivity index (χ1v) is 9.57. The standard InChI is InChI=1S/C20H29N3O2S.HI/c1-20(2,18-7-6-12-26-18)14-23-19(21-3)22-11-10-15-8-9-16(24-4)17(13-15)25-5;/h6-9,12-13H,10-11,14H2,1-5H3,(H2,21,22,23);1H. The van der Waals surface area contributed by atoms with Gasteiger partial charge in [0.1, 0.15) is 0 Å². The molecule has 1 aromatic carbocycles. The van der Waals surface area contributed by atoms with Crippen LogP contribution in [-0.4, -0.2) is 40.3 Å². The van der Waals surface area contributed by atoms with Crippen molar-refractivity contribution in [3.63, 3.8) is 0 Å². The van der Waals surface area contributed by atoms with Gasteiger partial charge in [0.25, 0.3) is 0 Å². The van der Waals surface area contributed by atoms with Crippen LogP contribution in [0.2, 0.25) is 0 Å². The third-order valence-electron chi connectivity index (χ3n) is 4.26. The number of methoxy groups -OCH3 is 2. The van der Waals surface area contributed by atoms with Crippen molar-refractivity contribution >= 4 is 41.3 Å². The minimum Gasteiger partial charge on any atom is -0.493 e. The first kappa shape index (κ1) is 23.6. The van der Waals surface area contributed by atoms with E-state index in [0.29, 0.717) is 0 Å². The zero-order valence-electron chi connectivity index (χ0n) is 16.7. The van der Waals surface area contributed by atoms with Crippen LogP contribution in [-0.2, 0) is 11.8 Å². The Morgan fingerprint density at radius 3 is 2.44 bits per heavy atom. The maximum atomic E-state index is 5.36. The summed E-state index contributed by atoms with van der Waals surface area (Å²) in [6, 6.07) is 10.3. The van der Waals surface area contributed by atoms with Crippen molar-refractivity contribution in [3.8, 4) is 11.5 Å². The molecule has 7 heteroatoms. The molecule has 0 spiro atoms. The molecule has 0 saturated heterocycles. The largest absolute Gasteiger partial charge is 0.493 e. The van der Waals surface area contributed by atoms with Crippen LogP contribution < -0.4 is 20.1 Å². The average Bonchev–Trinajstić information content (AvgIpc) is 3.20. The van der Waals surface area contributed by atoms with Crippen LogP contribution in [0, 0.1) is 0 Å². The second-order valence-corrected chi connectivity index (χ2v) is 7.60. The molecule has 150 valence electrons. The Balaban J connectivity index is 0.00000364. The van der Waals surface area contributed by atoms with E-state index in [1.807, 2.05) is 12.1 Å². The first-order chi connectivity index (χ1) is 12.5. The van der Waals surface area contributed by atoms with Crippen LogP contribution in [0.5, 0.6) is 11.5 Å². The summed E-state index contributed by atoms with van der Waals surface area (Å²) in [7, 11) is 5.09. The normalized spacial score (nSPS) is 11.5. The lowest BCUT2D eigenvalue weighted by molar-refractivity contribution is 0.354. The molecule has 0 atom stereocenters. The van der Waals surface area contributed by atoms with E-state index in [-0.39, 0.29) is 29.4 Å². The summed E-state index contributed by atoms with van der Waals surface area (Å²) >= 11 is 1.79. The molecule has 0 fully saturated rings. The van der Waals surface area contributed by atoms with Crippen molar-refractivity contribution in [2.24, 2.45) is 4.99 Å². The lowest BCUT2D eigenvalue weighted by atomic mass is 9.91. The number of aliphatic imine (C=N–C) groups is 1. The predicted octanol–water partition coefficient (Wildman–Crippen LogP) is 4.07. The minimum absolute atomic E-state index is 0. The molecule has 0 unspecified atom stereocenters. The van der Waals surface area contributed by atoms with Gasteiger partial charge in [-0.25, -0.2) is 0 Å². The number of thiophene rings is 1. The number of hydrogen-bond acceptors (Lipinski definition) is 4. The maximum Gasteiger partial charge on any atom is 0.191 e. The first-order valence-electron chi connectivity index (χ1n) is 8.69. The third-order valence-corrected chi connectivity index (χ3v) is 5.50. The summed E-state index contributed by atoms with van der Waals surface area (Å²) in [5.41, 5.74) is 1.25. The highest BCUT2D eigenvalue weighted by Crippen LogP contribution is 2.28. The Kier molecular flexibility index (Phi) is 9.93. The summed E-state index contributed by atoms with van der Waals surface area (Å²) < 4.78 is 10.6. The van der Waals surface area contributed by atoms with Crippen molar-refractivity contribution in [3.05, 3.63) is 46.2 Å². The van der Waals surface area contributed by atoms with Crippen LogP contribution in [0.15, 0.2) is 40.7 Å².